The van der Waals surface area contributed by atoms with Crippen LogP contribution in [-0.4, -0.2) is 93.0 Å². The van der Waals surface area contributed by atoms with E-state index in [4.69, 9.17) is 14.2 Å². The van der Waals surface area contributed by atoms with Gasteiger partial charge in [-0.05, 0) is 41.8 Å². The van der Waals surface area contributed by atoms with Gasteiger partial charge >= 0.3 is 12.2 Å². The summed E-state index contributed by atoms with van der Waals surface area (Å²) in [6.45, 7) is 2.49. The quantitative estimate of drug-likeness (QED) is 0.209. The molecular weight excluding hydrogens is 626 g/mol. The number of rotatable bonds is 11. The third-order valence-electron chi connectivity index (χ3n) is 7.43. The molecule has 0 bridgehead atoms. The zero-order valence-electron chi connectivity index (χ0n) is 24.9. The van der Waals surface area contributed by atoms with Crippen molar-refractivity contribution >= 4 is 46.4 Å². The number of carbonyl (C=O) groups is 4. The number of amides is 2. The number of nitro groups is 2. The molecule has 2 aliphatic heterocycles. The molecule has 2 aromatic rings. The fourth-order valence-electron chi connectivity index (χ4n) is 5.17. The number of piperazine rings is 1. The number of benzene rings is 2. The number of nitrogens with zero attached hydrogens (tertiary/aromatic N) is 4. The average Bonchev–Trinajstić information content (AvgIpc) is 3.46. The van der Waals surface area contributed by atoms with Gasteiger partial charge < -0.3 is 24.4 Å². The highest BCUT2D eigenvalue weighted by Gasteiger charge is 2.44. The van der Waals surface area contributed by atoms with E-state index in [0.717, 1.165) is 11.8 Å². The Bertz CT molecular complexity index is 1440. The van der Waals surface area contributed by atoms with Crippen LogP contribution in [0, 0.1) is 20.2 Å². The monoisotopic (exact) mass is 659 g/mol. The van der Waals surface area contributed by atoms with Crippen molar-refractivity contribution in [1.82, 2.24) is 15.1 Å². The van der Waals surface area contributed by atoms with Gasteiger partial charge in [0.05, 0.1) is 16.5 Å². The predicted octanol–water partition coefficient (Wildman–Crippen LogP) is 3.41. The first kappa shape index (κ1) is 34.1. The predicted molar refractivity (Wildman–Crippen MR) is 163 cm³/mol. The molecule has 0 saturated carbocycles. The van der Waals surface area contributed by atoms with Crippen molar-refractivity contribution in [2.45, 2.75) is 50.3 Å². The van der Waals surface area contributed by atoms with Gasteiger partial charge in [0, 0.05) is 75.1 Å². The van der Waals surface area contributed by atoms with Crippen LogP contribution in [0.3, 0.4) is 0 Å². The van der Waals surface area contributed by atoms with E-state index < -0.39 is 28.1 Å². The molecule has 0 spiro atoms. The average molecular weight is 660 g/mol. The molecule has 0 aliphatic carbocycles. The van der Waals surface area contributed by atoms with Gasteiger partial charge in [-0.2, -0.15) is 0 Å². The minimum atomic E-state index is -0.929. The molecule has 2 aliphatic rings. The van der Waals surface area contributed by atoms with Gasteiger partial charge in [0.2, 0.25) is 5.91 Å². The lowest BCUT2D eigenvalue weighted by molar-refractivity contribution is -0.385. The van der Waals surface area contributed by atoms with Crippen molar-refractivity contribution in [3.63, 3.8) is 0 Å². The van der Waals surface area contributed by atoms with E-state index >= 15 is 0 Å². The van der Waals surface area contributed by atoms with Crippen LogP contribution < -0.4 is 5.32 Å². The van der Waals surface area contributed by atoms with Crippen molar-refractivity contribution in [2.24, 2.45) is 0 Å². The molecule has 246 valence electrons. The van der Waals surface area contributed by atoms with Gasteiger partial charge in [0.15, 0.2) is 5.12 Å². The number of nitro benzene ring substituents is 2. The van der Waals surface area contributed by atoms with Crippen molar-refractivity contribution in [1.29, 1.82) is 0 Å². The molecule has 0 aromatic heterocycles. The maximum atomic E-state index is 13.9. The maximum absolute atomic E-state index is 13.9. The third kappa shape index (κ3) is 9.37. The summed E-state index contributed by atoms with van der Waals surface area (Å²) in [6.07, 6.45) is -1.14. The summed E-state index contributed by atoms with van der Waals surface area (Å²) in [7, 11) is 0. The Labute approximate surface area is 267 Å². The van der Waals surface area contributed by atoms with Crippen LogP contribution in [0.25, 0.3) is 0 Å². The Kier molecular flexibility index (Phi) is 11.9. The normalized spacial score (nSPS) is 19.3. The van der Waals surface area contributed by atoms with Crippen LogP contribution in [0.4, 0.5) is 21.0 Å². The van der Waals surface area contributed by atoms with Gasteiger partial charge in [0.25, 0.3) is 11.4 Å². The van der Waals surface area contributed by atoms with Crippen molar-refractivity contribution in [3.8, 4) is 0 Å². The fourth-order valence-corrected chi connectivity index (χ4v) is 6.15. The largest absolute Gasteiger partial charge is 0.508 e. The molecule has 3 atom stereocenters. The molecule has 4 rings (SSSR count). The lowest BCUT2D eigenvalue weighted by atomic mass is 10.1. The lowest BCUT2D eigenvalue weighted by Gasteiger charge is -2.39. The molecule has 16 nitrogen and oxygen atoms in total. The summed E-state index contributed by atoms with van der Waals surface area (Å²) >= 11 is 1.06. The molecule has 1 unspecified atom stereocenters. The van der Waals surface area contributed by atoms with Gasteiger partial charge in [-0.25, -0.2) is 9.59 Å². The summed E-state index contributed by atoms with van der Waals surface area (Å²) in [6, 6.07) is 9.87. The molecule has 0 radical (unpaired) electrons. The molecule has 1 N–H and O–H groups in total. The SMILES string of the molecule is CC(=O)S[C@H]1C[C@@H](C(=O)N2CCNCC2CCOC(=O)OCc2ccc([N+](=O)[O-])cc2)N(C(=O)OCc2ccc([N+](=O)[O-])cc2)C1. The molecule has 46 heavy (non-hydrogen) atoms. The second kappa shape index (κ2) is 16.0. The smallest absolute Gasteiger partial charge is 0.445 e. The number of hydrogen-bond acceptors (Lipinski definition) is 13. The summed E-state index contributed by atoms with van der Waals surface area (Å²) in [5.41, 5.74) is 0.896. The van der Waals surface area contributed by atoms with Crippen molar-refractivity contribution < 1.29 is 43.2 Å². The minimum Gasteiger partial charge on any atom is -0.445 e. The topological polar surface area (TPSA) is 201 Å². The van der Waals surface area contributed by atoms with E-state index in [9.17, 15) is 39.4 Å². The Morgan fingerprint density at radius 3 is 2.04 bits per heavy atom. The number of likely N-dealkylation sites (tertiary alicyclic amines) is 1. The number of non-ortho nitro benzene ring substituents is 2. The van der Waals surface area contributed by atoms with Gasteiger partial charge in [-0.15, -0.1) is 0 Å². The summed E-state index contributed by atoms with van der Waals surface area (Å²) in [5, 5.41) is 24.5. The second-order valence-electron chi connectivity index (χ2n) is 10.6. The number of hydrogen-bond donors (Lipinski definition) is 1. The van der Waals surface area contributed by atoms with Crippen LogP contribution >= 0.6 is 11.8 Å². The number of nitrogens with one attached hydrogen (secondary N) is 1. The molecular formula is C29H33N5O11S. The van der Waals surface area contributed by atoms with Gasteiger partial charge in [0.1, 0.15) is 19.3 Å². The van der Waals surface area contributed by atoms with Crippen LogP contribution in [0.2, 0.25) is 0 Å². The standard InChI is InChI=1S/C29H33N5O11S/c1-19(35)46-25-14-26(32(16-25)28(37)44-17-20-2-6-22(7-3-20)33(39)40)27(36)31-12-11-30-15-24(31)10-13-43-29(38)45-18-21-4-8-23(9-5-21)34(41)42/h2-9,24-26,30H,10-18H2,1H3/t24?,25-,26-/m0/s1. The first-order chi connectivity index (χ1) is 22.0. The van der Waals surface area contributed by atoms with E-state index in [0.29, 0.717) is 30.8 Å². The zero-order valence-corrected chi connectivity index (χ0v) is 25.7. The van der Waals surface area contributed by atoms with E-state index in [1.807, 2.05) is 0 Å². The fraction of sp³-hybridized carbons (Fsp3) is 0.448. The first-order valence-corrected chi connectivity index (χ1v) is 15.3. The van der Waals surface area contributed by atoms with E-state index in [-0.39, 0.29) is 72.9 Å². The highest BCUT2D eigenvalue weighted by atomic mass is 32.2. The van der Waals surface area contributed by atoms with Crippen LogP contribution in [-0.2, 0) is 37.0 Å². The highest BCUT2D eigenvalue weighted by molar-refractivity contribution is 8.14. The van der Waals surface area contributed by atoms with Crippen LogP contribution in [0.15, 0.2) is 48.5 Å². The molecule has 2 amide bonds. The molecule has 2 saturated heterocycles. The number of ether oxygens (including phenoxy) is 3. The summed E-state index contributed by atoms with van der Waals surface area (Å²) < 4.78 is 15.7. The van der Waals surface area contributed by atoms with E-state index in [2.05, 4.69) is 5.32 Å². The zero-order chi connectivity index (χ0) is 33.2. The summed E-state index contributed by atoms with van der Waals surface area (Å²) in [4.78, 5) is 74.6. The first-order valence-electron chi connectivity index (χ1n) is 14.4. The van der Waals surface area contributed by atoms with E-state index in [1.54, 1.807) is 4.90 Å². The number of carbonyl (C=O) groups excluding carboxylic acids is 4. The Balaban J connectivity index is 1.33. The lowest BCUT2D eigenvalue weighted by Crippen LogP contribution is -2.58. The Hall–Kier alpha value is -4.77. The van der Waals surface area contributed by atoms with Gasteiger partial charge in [-0.3, -0.25) is 34.7 Å². The van der Waals surface area contributed by atoms with Gasteiger partial charge in [-0.1, -0.05) is 11.8 Å². The van der Waals surface area contributed by atoms with E-state index in [1.165, 1.54) is 60.4 Å². The van der Waals surface area contributed by atoms with Crippen LogP contribution in [0.1, 0.15) is 30.9 Å². The maximum Gasteiger partial charge on any atom is 0.508 e. The minimum absolute atomic E-state index is 0.0519. The molecule has 2 heterocycles. The Morgan fingerprint density at radius 1 is 0.891 bits per heavy atom. The molecule has 2 aromatic carbocycles. The van der Waals surface area contributed by atoms with Crippen molar-refractivity contribution in [3.05, 3.63) is 79.9 Å². The third-order valence-corrected chi connectivity index (χ3v) is 8.44. The highest BCUT2D eigenvalue weighted by Crippen LogP contribution is 2.31. The molecule has 2 fully saturated rings. The van der Waals surface area contributed by atoms with Crippen LogP contribution in [0.5, 0.6) is 0 Å². The second-order valence-corrected chi connectivity index (χ2v) is 12.1. The Morgan fingerprint density at radius 2 is 1.48 bits per heavy atom. The van der Waals surface area contributed by atoms with Crippen molar-refractivity contribution in [2.75, 3.05) is 32.8 Å². The number of thioether (sulfide) groups is 1. The summed E-state index contributed by atoms with van der Waals surface area (Å²) in [5.74, 6) is -0.314. The molecule has 17 heteroatoms.